The summed E-state index contributed by atoms with van der Waals surface area (Å²) >= 11 is 0. The van der Waals surface area contributed by atoms with Crippen molar-refractivity contribution in [2.45, 2.75) is 26.3 Å². The number of amides is 1. The van der Waals surface area contributed by atoms with Crippen LogP contribution < -0.4 is 5.32 Å². The number of carboxylic acids is 1. The predicted octanol–water partition coefficient (Wildman–Crippen LogP) is 0.235. The Hall–Kier alpha value is -1.50. The highest BCUT2D eigenvalue weighted by Crippen LogP contribution is 2.07. The summed E-state index contributed by atoms with van der Waals surface area (Å²) in [5.74, 6) is -0.0587. The first-order valence-corrected chi connectivity index (χ1v) is 4.02. The topological polar surface area (TPSA) is 66.4 Å². The lowest BCUT2D eigenvalue weighted by Gasteiger charge is -2.18. The normalized spacial score (nSPS) is 13.9. The van der Waals surface area contributed by atoms with Crippen molar-refractivity contribution in [1.82, 2.24) is 5.32 Å². The molecule has 1 unspecified atom stereocenters. The molecule has 13 heavy (non-hydrogen) atoms. The first-order chi connectivity index (χ1) is 6.02. The van der Waals surface area contributed by atoms with Crippen LogP contribution in [0.3, 0.4) is 0 Å². The van der Waals surface area contributed by atoms with E-state index in [0.29, 0.717) is 6.42 Å². The summed E-state index contributed by atoms with van der Waals surface area (Å²) in [6.07, 6.45) is 5.48. The number of aliphatic carboxylic acids is 1. The van der Waals surface area contributed by atoms with Gasteiger partial charge >= 0.3 is 5.97 Å². The van der Waals surface area contributed by atoms with E-state index in [9.17, 15) is 9.59 Å². The standard InChI is InChI=1S/C9H13NO3/c1-4-6(3)8(9(12)13)10-7(11)5-2/h2,6,8H,4H2,1,3H3,(H,10,11)(H,12,13)/t6?,8-/m0/s1. The van der Waals surface area contributed by atoms with Crippen molar-refractivity contribution in [3.05, 3.63) is 0 Å². The molecule has 0 aliphatic carbocycles. The fraction of sp³-hybridized carbons (Fsp3) is 0.556. The van der Waals surface area contributed by atoms with E-state index >= 15 is 0 Å². The maximum absolute atomic E-state index is 10.7. The lowest BCUT2D eigenvalue weighted by Crippen LogP contribution is -2.44. The Morgan fingerprint density at radius 3 is 2.46 bits per heavy atom. The Labute approximate surface area is 77.3 Å². The first-order valence-electron chi connectivity index (χ1n) is 4.02. The van der Waals surface area contributed by atoms with Gasteiger partial charge in [-0.15, -0.1) is 6.42 Å². The molecule has 2 atom stereocenters. The molecule has 0 rings (SSSR count). The zero-order valence-electron chi connectivity index (χ0n) is 7.70. The monoisotopic (exact) mass is 183 g/mol. The van der Waals surface area contributed by atoms with E-state index in [4.69, 9.17) is 11.5 Å². The molecule has 1 amide bonds. The molecule has 0 saturated heterocycles. The van der Waals surface area contributed by atoms with Gasteiger partial charge in [0.25, 0.3) is 5.91 Å². The molecule has 0 aliphatic heterocycles. The molecule has 4 nitrogen and oxygen atoms in total. The maximum atomic E-state index is 10.7. The summed E-state index contributed by atoms with van der Waals surface area (Å²) in [6.45, 7) is 3.60. The average Bonchev–Trinajstić information content (AvgIpc) is 2.11. The quantitative estimate of drug-likeness (QED) is 0.613. The van der Waals surface area contributed by atoms with Crippen LogP contribution in [-0.4, -0.2) is 23.0 Å². The molecule has 0 heterocycles. The van der Waals surface area contributed by atoms with Gasteiger partial charge in [-0.25, -0.2) is 4.79 Å². The minimum Gasteiger partial charge on any atom is -0.480 e. The van der Waals surface area contributed by atoms with E-state index < -0.39 is 17.9 Å². The number of rotatable bonds is 4. The second-order valence-electron chi connectivity index (χ2n) is 2.82. The highest BCUT2D eigenvalue weighted by molar-refractivity contribution is 5.95. The molecule has 0 aromatic carbocycles. The van der Waals surface area contributed by atoms with E-state index in [2.05, 4.69) is 5.32 Å². The summed E-state index contributed by atoms with van der Waals surface area (Å²) in [4.78, 5) is 21.4. The van der Waals surface area contributed by atoms with Crippen molar-refractivity contribution in [3.63, 3.8) is 0 Å². The van der Waals surface area contributed by atoms with Gasteiger partial charge in [0, 0.05) is 0 Å². The average molecular weight is 183 g/mol. The molecule has 2 N–H and O–H groups in total. The SMILES string of the molecule is C#CC(=O)N[C@H](C(=O)O)C(C)CC. The Balaban J connectivity index is 4.37. The zero-order chi connectivity index (χ0) is 10.4. The van der Waals surface area contributed by atoms with Gasteiger partial charge in [0.15, 0.2) is 0 Å². The third-order valence-electron chi connectivity index (χ3n) is 1.90. The molecule has 0 spiro atoms. The molecule has 72 valence electrons. The number of hydrogen-bond donors (Lipinski definition) is 2. The van der Waals surface area contributed by atoms with Crippen LogP contribution in [0.15, 0.2) is 0 Å². The minimum absolute atomic E-state index is 0.130. The van der Waals surface area contributed by atoms with Gasteiger partial charge in [0.2, 0.25) is 0 Å². The molecule has 0 aromatic rings. The highest BCUT2D eigenvalue weighted by atomic mass is 16.4. The molecule has 0 radical (unpaired) electrons. The van der Waals surface area contributed by atoms with Crippen molar-refractivity contribution < 1.29 is 14.7 Å². The molecule has 0 saturated carbocycles. The van der Waals surface area contributed by atoms with E-state index in [1.54, 1.807) is 6.92 Å². The van der Waals surface area contributed by atoms with E-state index in [0.717, 1.165) is 0 Å². The molecule has 0 fully saturated rings. The number of nitrogens with one attached hydrogen (secondary N) is 1. The van der Waals surface area contributed by atoms with Crippen molar-refractivity contribution in [3.8, 4) is 12.3 Å². The van der Waals surface area contributed by atoms with Crippen LogP contribution in [0.25, 0.3) is 0 Å². The maximum Gasteiger partial charge on any atom is 0.326 e. The number of carbonyl (C=O) groups is 2. The molecule has 0 aromatic heterocycles. The largest absolute Gasteiger partial charge is 0.480 e. The van der Waals surface area contributed by atoms with Gasteiger partial charge in [-0.05, 0) is 11.8 Å². The summed E-state index contributed by atoms with van der Waals surface area (Å²) in [7, 11) is 0. The van der Waals surface area contributed by atoms with Gasteiger partial charge in [-0.1, -0.05) is 20.3 Å². The van der Waals surface area contributed by atoms with Gasteiger partial charge in [-0.3, -0.25) is 4.79 Å². The molecular weight excluding hydrogens is 170 g/mol. The van der Waals surface area contributed by atoms with Crippen molar-refractivity contribution in [2.75, 3.05) is 0 Å². The number of carbonyl (C=O) groups excluding carboxylic acids is 1. The van der Waals surface area contributed by atoms with E-state index in [1.807, 2.05) is 12.8 Å². The van der Waals surface area contributed by atoms with E-state index in [-0.39, 0.29) is 5.92 Å². The Morgan fingerprint density at radius 1 is 1.62 bits per heavy atom. The van der Waals surface area contributed by atoms with Gasteiger partial charge in [-0.2, -0.15) is 0 Å². The fourth-order valence-corrected chi connectivity index (χ4v) is 0.866. The lowest BCUT2D eigenvalue weighted by molar-refractivity contribution is -0.142. The van der Waals surface area contributed by atoms with Crippen LogP contribution >= 0.6 is 0 Å². The summed E-state index contributed by atoms with van der Waals surface area (Å²) in [5, 5.41) is 11.0. The Morgan fingerprint density at radius 2 is 2.15 bits per heavy atom. The lowest BCUT2D eigenvalue weighted by atomic mass is 9.99. The fourth-order valence-electron chi connectivity index (χ4n) is 0.866. The number of carboxylic acid groups (broad SMARTS) is 1. The smallest absolute Gasteiger partial charge is 0.326 e. The molecule has 0 aliphatic rings. The van der Waals surface area contributed by atoms with Crippen LogP contribution in [-0.2, 0) is 9.59 Å². The second-order valence-corrected chi connectivity index (χ2v) is 2.82. The third-order valence-corrected chi connectivity index (χ3v) is 1.90. The summed E-state index contributed by atoms with van der Waals surface area (Å²) < 4.78 is 0. The molecule has 0 bridgehead atoms. The van der Waals surface area contributed by atoms with Crippen molar-refractivity contribution in [1.29, 1.82) is 0 Å². The van der Waals surface area contributed by atoms with Crippen LogP contribution in [0.2, 0.25) is 0 Å². The van der Waals surface area contributed by atoms with Gasteiger partial charge in [0.1, 0.15) is 6.04 Å². The van der Waals surface area contributed by atoms with Crippen LogP contribution in [0, 0.1) is 18.3 Å². The molecule has 4 heteroatoms. The van der Waals surface area contributed by atoms with Gasteiger partial charge in [0.05, 0.1) is 0 Å². The van der Waals surface area contributed by atoms with E-state index in [1.165, 1.54) is 0 Å². The van der Waals surface area contributed by atoms with Crippen molar-refractivity contribution in [2.24, 2.45) is 5.92 Å². The van der Waals surface area contributed by atoms with Crippen LogP contribution in [0.5, 0.6) is 0 Å². The number of terminal acetylenes is 1. The Bertz CT molecular complexity index is 242. The zero-order valence-corrected chi connectivity index (χ0v) is 7.70. The predicted molar refractivity (Wildman–Crippen MR) is 47.9 cm³/mol. The van der Waals surface area contributed by atoms with Crippen molar-refractivity contribution >= 4 is 11.9 Å². The molecular formula is C9H13NO3. The Kier molecular flexibility index (Phi) is 4.60. The number of hydrogen-bond acceptors (Lipinski definition) is 2. The third kappa shape index (κ3) is 3.61. The van der Waals surface area contributed by atoms with Crippen LogP contribution in [0.1, 0.15) is 20.3 Å². The first kappa shape index (κ1) is 11.5. The van der Waals surface area contributed by atoms with Crippen LogP contribution in [0.4, 0.5) is 0 Å². The minimum atomic E-state index is -1.06. The highest BCUT2D eigenvalue weighted by Gasteiger charge is 2.24. The second kappa shape index (κ2) is 5.20. The van der Waals surface area contributed by atoms with Gasteiger partial charge < -0.3 is 10.4 Å². The summed E-state index contributed by atoms with van der Waals surface area (Å²) in [6, 6.07) is -0.895. The summed E-state index contributed by atoms with van der Waals surface area (Å²) in [5.41, 5.74) is 0.